The summed E-state index contributed by atoms with van der Waals surface area (Å²) in [5.74, 6) is 0.355. The molecule has 1 N–H and O–H groups in total. The van der Waals surface area contributed by atoms with Crippen molar-refractivity contribution in [2.24, 2.45) is 0 Å². The zero-order valence-electron chi connectivity index (χ0n) is 14.8. The Morgan fingerprint density at radius 3 is 2.67 bits per heavy atom. The van der Waals surface area contributed by atoms with Crippen LogP contribution in [-0.4, -0.2) is 21.9 Å². The molecule has 0 saturated carbocycles. The van der Waals surface area contributed by atoms with Gasteiger partial charge in [-0.1, -0.05) is 42.5 Å². The molecule has 0 aliphatic carbocycles. The number of benzene rings is 2. The predicted molar refractivity (Wildman–Crippen MR) is 107 cm³/mol. The molecule has 0 radical (unpaired) electrons. The Morgan fingerprint density at radius 1 is 1.07 bits per heavy atom. The van der Waals surface area contributed by atoms with Crippen LogP contribution >= 0.6 is 11.3 Å². The van der Waals surface area contributed by atoms with Crippen LogP contribution in [0.1, 0.15) is 11.4 Å². The number of aromatic amines is 1. The van der Waals surface area contributed by atoms with Gasteiger partial charge in [-0.05, 0) is 36.4 Å². The lowest BCUT2D eigenvalue weighted by Gasteiger charge is -2.16. The topological polar surface area (TPSA) is 49.0 Å². The smallest absolute Gasteiger partial charge is 0.259 e. The summed E-state index contributed by atoms with van der Waals surface area (Å²) in [4.78, 5) is 23.7. The molecule has 0 bridgehead atoms. The molecule has 0 aliphatic rings. The molecule has 4 aromatic rings. The Bertz CT molecular complexity index is 1140. The van der Waals surface area contributed by atoms with Crippen LogP contribution in [0, 0.1) is 5.82 Å². The molecule has 0 spiro atoms. The van der Waals surface area contributed by atoms with Crippen molar-refractivity contribution in [2.75, 3.05) is 7.05 Å². The predicted octanol–water partition coefficient (Wildman–Crippen LogP) is 4.42. The second-order valence-corrected chi connectivity index (χ2v) is 7.54. The van der Waals surface area contributed by atoms with Crippen LogP contribution in [0.4, 0.5) is 4.39 Å². The van der Waals surface area contributed by atoms with Crippen LogP contribution < -0.4 is 5.56 Å². The van der Waals surface area contributed by atoms with Crippen molar-refractivity contribution in [3.63, 3.8) is 0 Å². The SMILES string of the molecule is CN(Cc1cccc(F)c1)Cc1nc2sc(-c3ccccc3)cc2c(=O)[nH]1. The third-order valence-corrected chi connectivity index (χ3v) is 5.35. The van der Waals surface area contributed by atoms with Crippen LogP contribution in [0.3, 0.4) is 0 Å². The quantitative estimate of drug-likeness (QED) is 0.558. The van der Waals surface area contributed by atoms with Gasteiger partial charge in [-0.3, -0.25) is 9.69 Å². The van der Waals surface area contributed by atoms with Crippen LogP contribution in [0.25, 0.3) is 20.7 Å². The summed E-state index contributed by atoms with van der Waals surface area (Å²) in [6.45, 7) is 1.04. The highest BCUT2D eigenvalue weighted by atomic mass is 32.1. The van der Waals surface area contributed by atoms with Gasteiger partial charge < -0.3 is 4.98 Å². The fraction of sp³-hybridized carbons (Fsp3) is 0.143. The molecular formula is C21H18FN3OS. The molecule has 4 rings (SSSR count). The van der Waals surface area contributed by atoms with E-state index in [9.17, 15) is 9.18 Å². The van der Waals surface area contributed by atoms with Gasteiger partial charge in [0.25, 0.3) is 5.56 Å². The monoisotopic (exact) mass is 379 g/mol. The maximum atomic E-state index is 13.3. The molecule has 0 aliphatic heterocycles. The van der Waals surface area contributed by atoms with E-state index < -0.39 is 0 Å². The van der Waals surface area contributed by atoms with Gasteiger partial charge >= 0.3 is 0 Å². The van der Waals surface area contributed by atoms with Crippen LogP contribution in [0.5, 0.6) is 0 Å². The third-order valence-electron chi connectivity index (χ3n) is 4.27. The van der Waals surface area contributed by atoms with Crippen LogP contribution in [-0.2, 0) is 13.1 Å². The summed E-state index contributed by atoms with van der Waals surface area (Å²) >= 11 is 1.51. The van der Waals surface area contributed by atoms with Gasteiger partial charge in [-0.25, -0.2) is 9.37 Å². The van der Waals surface area contributed by atoms with E-state index in [0.717, 1.165) is 20.8 Å². The van der Waals surface area contributed by atoms with E-state index in [2.05, 4.69) is 9.97 Å². The van der Waals surface area contributed by atoms with Gasteiger partial charge in [0.1, 0.15) is 16.5 Å². The van der Waals surface area contributed by atoms with E-state index in [1.807, 2.05) is 54.4 Å². The first-order valence-corrected chi connectivity index (χ1v) is 9.41. The Balaban J connectivity index is 1.58. The number of rotatable bonds is 5. The number of H-pyrrole nitrogens is 1. The first kappa shape index (κ1) is 17.6. The number of nitrogens with zero attached hydrogens (tertiary/aromatic N) is 2. The lowest BCUT2D eigenvalue weighted by molar-refractivity contribution is 0.310. The molecule has 0 atom stereocenters. The molecule has 0 fully saturated rings. The summed E-state index contributed by atoms with van der Waals surface area (Å²) in [6.07, 6.45) is 0. The summed E-state index contributed by atoms with van der Waals surface area (Å²) in [6, 6.07) is 18.4. The molecule has 136 valence electrons. The molecule has 4 nitrogen and oxygen atoms in total. The van der Waals surface area contributed by atoms with Gasteiger partial charge in [0, 0.05) is 11.4 Å². The second-order valence-electron chi connectivity index (χ2n) is 6.51. The first-order valence-electron chi connectivity index (χ1n) is 8.59. The largest absolute Gasteiger partial charge is 0.309 e. The van der Waals surface area contributed by atoms with E-state index in [4.69, 9.17) is 0 Å². The number of halogens is 1. The zero-order chi connectivity index (χ0) is 18.8. The maximum absolute atomic E-state index is 13.3. The van der Waals surface area contributed by atoms with Crippen LogP contribution in [0.2, 0.25) is 0 Å². The van der Waals surface area contributed by atoms with Crippen LogP contribution in [0.15, 0.2) is 65.5 Å². The molecule has 2 aromatic heterocycles. The number of thiophene rings is 1. The summed E-state index contributed by atoms with van der Waals surface area (Å²) < 4.78 is 13.3. The summed E-state index contributed by atoms with van der Waals surface area (Å²) in [7, 11) is 1.92. The number of fused-ring (bicyclic) bond motifs is 1. The molecule has 2 aromatic carbocycles. The van der Waals surface area contributed by atoms with Gasteiger partial charge in [-0.15, -0.1) is 11.3 Å². The molecule has 27 heavy (non-hydrogen) atoms. The highest BCUT2D eigenvalue weighted by Gasteiger charge is 2.11. The van der Waals surface area contributed by atoms with E-state index in [0.29, 0.717) is 24.3 Å². The average Bonchev–Trinajstić information content (AvgIpc) is 3.07. The second kappa shape index (κ2) is 7.42. The molecular weight excluding hydrogens is 361 g/mol. The summed E-state index contributed by atoms with van der Waals surface area (Å²) in [5, 5.41) is 0.607. The van der Waals surface area contributed by atoms with Gasteiger partial charge in [0.05, 0.1) is 11.9 Å². The minimum atomic E-state index is -0.249. The van der Waals surface area contributed by atoms with Crippen molar-refractivity contribution in [3.8, 4) is 10.4 Å². The Morgan fingerprint density at radius 2 is 1.89 bits per heavy atom. The average molecular weight is 379 g/mol. The number of aromatic nitrogens is 2. The van der Waals surface area contributed by atoms with E-state index >= 15 is 0 Å². The van der Waals surface area contributed by atoms with Crippen molar-refractivity contribution < 1.29 is 4.39 Å². The van der Waals surface area contributed by atoms with Crippen molar-refractivity contribution >= 4 is 21.6 Å². The minimum Gasteiger partial charge on any atom is -0.309 e. The fourth-order valence-electron chi connectivity index (χ4n) is 3.05. The standard InChI is InChI=1S/C21H18FN3OS/c1-25(12-14-6-5-9-16(22)10-14)13-19-23-20(26)17-11-18(27-21(17)24-19)15-7-3-2-4-8-15/h2-11H,12-13H2,1H3,(H,23,24,26). The lowest BCUT2D eigenvalue weighted by atomic mass is 10.2. The number of nitrogens with one attached hydrogen (secondary N) is 1. The van der Waals surface area contributed by atoms with Gasteiger partial charge in [0.15, 0.2) is 0 Å². The highest BCUT2D eigenvalue weighted by molar-refractivity contribution is 7.21. The van der Waals surface area contributed by atoms with Crippen molar-refractivity contribution in [1.29, 1.82) is 0 Å². The Kier molecular flexibility index (Phi) is 4.83. The zero-order valence-corrected chi connectivity index (χ0v) is 15.6. The van der Waals surface area contributed by atoms with E-state index in [1.54, 1.807) is 6.07 Å². The number of hydrogen-bond donors (Lipinski definition) is 1. The normalized spacial score (nSPS) is 11.4. The molecule has 0 unspecified atom stereocenters. The van der Waals surface area contributed by atoms with Crippen molar-refractivity contribution in [1.82, 2.24) is 14.9 Å². The molecule has 0 saturated heterocycles. The van der Waals surface area contributed by atoms with E-state index in [1.165, 1.54) is 23.5 Å². The molecule has 2 heterocycles. The lowest BCUT2D eigenvalue weighted by Crippen LogP contribution is -2.21. The van der Waals surface area contributed by atoms with Gasteiger partial charge in [0.2, 0.25) is 0 Å². The Labute approximate surface area is 159 Å². The summed E-state index contributed by atoms with van der Waals surface area (Å²) in [5.41, 5.74) is 1.82. The minimum absolute atomic E-state index is 0.132. The van der Waals surface area contributed by atoms with Crippen molar-refractivity contribution in [3.05, 3.63) is 88.2 Å². The third kappa shape index (κ3) is 3.97. The van der Waals surface area contributed by atoms with E-state index in [-0.39, 0.29) is 11.4 Å². The highest BCUT2D eigenvalue weighted by Crippen LogP contribution is 2.30. The van der Waals surface area contributed by atoms with Gasteiger partial charge in [-0.2, -0.15) is 0 Å². The number of hydrogen-bond acceptors (Lipinski definition) is 4. The maximum Gasteiger partial charge on any atom is 0.259 e. The molecule has 6 heteroatoms. The Hall–Kier alpha value is -2.83. The first-order chi connectivity index (χ1) is 13.1. The fourth-order valence-corrected chi connectivity index (χ4v) is 4.11. The van der Waals surface area contributed by atoms with Crippen molar-refractivity contribution in [2.45, 2.75) is 13.1 Å². The molecule has 0 amide bonds.